The molecule has 2 heterocycles. The summed E-state index contributed by atoms with van der Waals surface area (Å²) < 4.78 is 11.2. The number of hydrogen-bond acceptors (Lipinski definition) is 4. The van der Waals surface area contributed by atoms with Crippen molar-refractivity contribution in [3.63, 3.8) is 0 Å². The maximum Gasteiger partial charge on any atom is 0.117 e. The molecule has 2 rings (SSSR count). The number of aryl methyl sites for hydroxylation is 1. The van der Waals surface area contributed by atoms with Crippen LogP contribution in [0.4, 0.5) is 0 Å². The normalized spacial score (nSPS) is 25.1. The van der Waals surface area contributed by atoms with Crippen LogP contribution in [0.25, 0.3) is 0 Å². The van der Waals surface area contributed by atoms with Crippen LogP contribution in [0, 0.1) is 6.92 Å². The first kappa shape index (κ1) is 11.6. The first-order valence-electron chi connectivity index (χ1n) is 5.89. The first-order valence-corrected chi connectivity index (χ1v) is 5.89. The molecule has 2 unspecified atom stereocenters. The monoisotopic (exact) mass is 224 g/mol. The Hall–Kier alpha value is -0.840. The minimum atomic E-state index is 0.262. The molecule has 4 nitrogen and oxygen atoms in total. The largest absolute Gasteiger partial charge is 0.465 e. The average Bonchev–Trinajstić information content (AvgIpc) is 2.88. The van der Waals surface area contributed by atoms with E-state index in [1.54, 1.807) is 0 Å². The third-order valence-electron chi connectivity index (χ3n) is 2.93. The zero-order valence-corrected chi connectivity index (χ0v) is 9.74. The van der Waals surface area contributed by atoms with Crippen molar-refractivity contribution in [3.8, 4) is 0 Å². The lowest BCUT2D eigenvalue weighted by molar-refractivity contribution is 0.0501. The molecule has 1 aromatic heterocycles. The minimum Gasteiger partial charge on any atom is -0.465 e. The Morgan fingerprint density at radius 1 is 1.38 bits per heavy atom. The fraction of sp³-hybridized carbons (Fsp3) is 0.667. The predicted octanol–water partition coefficient (Wildman–Crippen LogP) is 1.18. The Balaban J connectivity index is 1.65. The molecular weight excluding hydrogens is 204 g/mol. The van der Waals surface area contributed by atoms with Crippen LogP contribution >= 0.6 is 0 Å². The molecule has 0 amide bonds. The van der Waals surface area contributed by atoms with Crippen molar-refractivity contribution in [2.75, 3.05) is 13.1 Å². The van der Waals surface area contributed by atoms with Gasteiger partial charge in [-0.25, -0.2) is 0 Å². The van der Waals surface area contributed by atoms with Crippen molar-refractivity contribution < 1.29 is 9.15 Å². The summed E-state index contributed by atoms with van der Waals surface area (Å²) in [7, 11) is 0. The molecule has 4 heteroatoms. The van der Waals surface area contributed by atoms with Gasteiger partial charge >= 0.3 is 0 Å². The van der Waals surface area contributed by atoms with Gasteiger partial charge in [-0.3, -0.25) is 0 Å². The van der Waals surface area contributed by atoms with Gasteiger partial charge in [0, 0.05) is 13.1 Å². The standard InChI is InChI=1S/C12H20N2O2/c1-9-2-3-11(15-9)7-14-8-12-5-4-10(6-13)16-12/h2-3,10,12,14H,4-8,13H2,1H3. The number of furan rings is 1. The van der Waals surface area contributed by atoms with Crippen molar-refractivity contribution in [2.45, 2.75) is 38.5 Å². The summed E-state index contributed by atoms with van der Waals surface area (Å²) in [4.78, 5) is 0. The molecular formula is C12H20N2O2. The van der Waals surface area contributed by atoms with Gasteiger partial charge < -0.3 is 20.2 Å². The minimum absolute atomic E-state index is 0.262. The molecule has 0 radical (unpaired) electrons. The SMILES string of the molecule is Cc1ccc(CNCC2CCC(CN)O2)o1. The Labute approximate surface area is 96.1 Å². The van der Waals surface area contributed by atoms with Crippen molar-refractivity contribution in [1.82, 2.24) is 5.32 Å². The van der Waals surface area contributed by atoms with E-state index in [9.17, 15) is 0 Å². The van der Waals surface area contributed by atoms with Gasteiger partial charge in [-0.05, 0) is 31.9 Å². The van der Waals surface area contributed by atoms with E-state index < -0.39 is 0 Å². The van der Waals surface area contributed by atoms with Crippen LogP contribution in [-0.2, 0) is 11.3 Å². The first-order chi connectivity index (χ1) is 7.78. The van der Waals surface area contributed by atoms with Gasteiger partial charge in [0.05, 0.1) is 18.8 Å². The van der Waals surface area contributed by atoms with Crippen LogP contribution in [0.3, 0.4) is 0 Å². The van der Waals surface area contributed by atoms with Crippen LogP contribution in [0.5, 0.6) is 0 Å². The molecule has 2 atom stereocenters. The van der Waals surface area contributed by atoms with Crippen LogP contribution in [0.2, 0.25) is 0 Å². The average molecular weight is 224 g/mol. The van der Waals surface area contributed by atoms with E-state index in [0.29, 0.717) is 12.6 Å². The molecule has 16 heavy (non-hydrogen) atoms. The molecule has 90 valence electrons. The number of nitrogens with two attached hydrogens (primary N) is 1. The quantitative estimate of drug-likeness (QED) is 0.788. The van der Waals surface area contributed by atoms with Gasteiger partial charge in [-0.2, -0.15) is 0 Å². The second-order valence-electron chi connectivity index (χ2n) is 4.34. The van der Waals surface area contributed by atoms with Gasteiger partial charge in [0.25, 0.3) is 0 Å². The predicted molar refractivity (Wildman–Crippen MR) is 62.1 cm³/mol. The fourth-order valence-corrected chi connectivity index (χ4v) is 2.04. The van der Waals surface area contributed by atoms with Gasteiger partial charge in [-0.1, -0.05) is 0 Å². The molecule has 0 aromatic carbocycles. The lowest BCUT2D eigenvalue weighted by atomic mass is 10.2. The highest BCUT2D eigenvalue weighted by Gasteiger charge is 2.23. The molecule has 3 N–H and O–H groups in total. The Bertz CT molecular complexity index is 325. The summed E-state index contributed by atoms with van der Waals surface area (Å²) in [6, 6.07) is 3.98. The fourth-order valence-electron chi connectivity index (χ4n) is 2.04. The van der Waals surface area contributed by atoms with Crippen molar-refractivity contribution >= 4 is 0 Å². The second kappa shape index (κ2) is 5.48. The highest BCUT2D eigenvalue weighted by molar-refractivity contribution is 5.05. The van der Waals surface area contributed by atoms with E-state index in [1.165, 1.54) is 0 Å². The number of hydrogen-bond donors (Lipinski definition) is 2. The van der Waals surface area contributed by atoms with Crippen LogP contribution in [-0.4, -0.2) is 25.3 Å². The third-order valence-corrected chi connectivity index (χ3v) is 2.93. The zero-order valence-electron chi connectivity index (χ0n) is 9.74. The molecule has 1 saturated heterocycles. The lowest BCUT2D eigenvalue weighted by Gasteiger charge is -2.12. The number of rotatable bonds is 5. The van der Waals surface area contributed by atoms with E-state index in [1.807, 2.05) is 19.1 Å². The summed E-state index contributed by atoms with van der Waals surface area (Å²) >= 11 is 0. The van der Waals surface area contributed by atoms with E-state index in [4.69, 9.17) is 14.9 Å². The van der Waals surface area contributed by atoms with Crippen LogP contribution in [0.15, 0.2) is 16.5 Å². The number of nitrogens with one attached hydrogen (secondary N) is 1. The van der Waals surface area contributed by atoms with Gasteiger partial charge in [-0.15, -0.1) is 0 Å². The summed E-state index contributed by atoms with van der Waals surface area (Å²) in [5.74, 6) is 1.93. The summed E-state index contributed by atoms with van der Waals surface area (Å²) in [6.45, 7) is 4.22. The summed E-state index contributed by atoms with van der Waals surface area (Å²) in [5, 5.41) is 3.34. The van der Waals surface area contributed by atoms with E-state index in [2.05, 4.69) is 5.32 Å². The van der Waals surface area contributed by atoms with Crippen LogP contribution < -0.4 is 11.1 Å². The maximum absolute atomic E-state index is 5.74. The molecule has 1 aliphatic rings. The molecule has 1 fully saturated rings. The summed E-state index contributed by atoms with van der Waals surface area (Å²) in [6.07, 6.45) is 2.76. The molecule has 0 bridgehead atoms. The third kappa shape index (κ3) is 3.07. The smallest absolute Gasteiger partial charge is 0.117 e. The van der Waals surface area contributed by atoms with Crippen molar-refractivity contribution in [1.29, 1.82) is 0 Å². The molecule has 0 aliphatic carbocycles. The molecule has 1 aliphatic heterocycles. The Morgan fingerprint density at radius 3 is 2.81 bits per heavy atom. The Kier molecular flexibility index (Phi) is 3.98. The van der Waals surface area contributed by atoms with Gasteiger partial charge in [0.1, 0.15) is 11.5 Å². The molecule has 0 saturated carbocycles. The highest BCUT2D eigenvalue weighted by atomic mass is 16.5. The zero-order chi connectivity index (χ0) is 11.4. The van der Waals surface area contributed by atoms with E-state index in [0.717, 1.165) is 37.5 Å². The number of ether oxygens (including phenoxy) is 1. The van der Waals surface area contributed by atoms with E-state index >= 15 is 0 Å². The van der Waals surface area contributed by atoms with E-state index in [-0.39, 0.29) is 6.10 Å². The molecule has 1 aromatic rings. The second-order valence-corrected chi connectivity index (χ2v) is 4.34. The van der Waals surface area contributed by atoms with Gasteiger partial charge in [0.15, 0.2) is 0 Å². The van der Waals surface area contributed by atoms with Crippen molar-refractivity contribution in [3.05, 3.63) is 23.7 Å². The lowest BCUT2D eigenvalue weighted by Crippen LogP contribution is -2.28. The summed E-state index contributed by atoms with van der Waals surface area (Å²) in [5.41, 5.74) is 5.56. The molecule has 0 spiro atoms. The van der Waals surface area contributed by atoms with Crippen LogP contribution in [0.1, 0.15) is 24.4 Å². The van der Waals surface area contributed by atoms with Gasteiger partial charge in [0.2, 0.25) is 0 Å². The maximum atomic E-state index is 5.74. The highest BCUT2D eigenvalue weighted by Crippen LogP contribution is 2.18. The topological polar surface area (TPSA) is 60.4 Å². The Morgan fingerprint density at radius 2 is 2.19 bits per heavy atom. The van der Waals surface area contributed by atoms with Crippen molar-refractivity contribution in [2.24, 2.45) is 5.73 Å².